The predicted octanol–water partition coefficient (Wildman–Crippen LogP) is 2.99. The second-order valence-corrected chi connectivity index (χ2v) is 8.20. The first-order chi connectivity index (χ1) is 13.2. The van der Waals surface area contributed by atoms with Crippen LogP contribution in [0.2, 0.25) is 0 Å². The van der Waals surface area contributed by atoms with Crippen LogP contribution in [0.5, 0.6) is 0 Å². The number of urea groups is 1. The summed E-state index contributed by atoms with van der Waals surface area (Å²) >= 11 is 0. The fourth-order valence-corrected chi connectivity index (χ4v) is 4.42. The van der Waals surface area contributed by atoms with Crippen molar-refractivity contribution in [3.63, 3.8) is 0 Å². The molecule has 1 N–H and O–H groups in total. The number of piperidine rings is 2. The molecule has 0 unspecified atom stereocenters. The second kappa shape index (κ2) is 10.2. The zero-order valence-corrected chi connectivity index (χ0v) is 16.7. The first-order valence-corrected chi connectivity index (χ1v) is 10.7. The number of hydrogen-bond donors (Lipinski definition) is 1. The molecule has 2 heterocycles. The molecule has 3 rings (SSSR count). The molecule has 27 heavy (non-hydrogen) atoms. The summed E-state index contributed by atoms with van der Waals surface area (Å²) in [5.74, 6) is 0.513. The molecule has 0 radical (unpaired) electrons. The summed E-state index contributed by atoms with van der Waals surface area (Å²) in [6.07, 6.45) is 9.82. The number of nitrogens with one attached hydrogen (secondary N) is 1. The highest BCUT2D eigenvalue weighted by molar-refractivity contribution is 5.74. The van der Waals surface area contributed by atoms with Crippen LogP contribution < -0.4 is 5.32 Å². The van der Waals surface area contributed by atoms with E-state index in [4.69, 9.17) is 9.47 Å². The van der Waals surface area contributed by atoms with Crippen molar-refractivity contribution in [3.05, 3.63) is 0 Å². The van der Waals surface area contributed by atoms with Gasteiger partial charge in [-0.05, 0) is 44.4 Å². The SMILES string of the molecule is COC(=O)N1CCC(COC2CCN(C(=O)NC3CCCCC3)CC2)CC1. The van der Waals surface area contributed by atoms with Crippen LogP contribution in [-0.4, -0.2) is 74.0 Å². The fourth-order valence-electron chi connectivity index (χ4n) is 4.42. The van der Waals surface area contributed by atoms with Crippen LogP contribution in [0.25, 0.3) is 0 Å². The average Bonchev–Trinajstić information content (AvgIpc) is 2.73. The van der Waals surface area contributed by atoms with Crippen molar-refractivity contribution in [3.8, 4) is 0 Å². The Morgan fingerprint density at radius 3 is 2.15 bits per heavy atom. The fraction of sp³-hybridized carbons (Fsp3) is 0.900. The number of hydrogen-bond acceptors (Lipinski definition) is 4. The van der Waals surface area contributed by atoms with Gasteiger partial charge in [-0.25, -0.2) is 9.59 Å². The summed E-state index contributed by atoms with van der Waals surface area (Å²) in [6.45, 7) is 3.82. The van der Waals surface area contributed by atoms with Gasteiger partial charge in [-0.2, -0.15) is 0 Å². The zero-order valence-electron chi connectivity index (χ0n) is 16.7. The number of carbonyl (C=O) groups excluding carboxylic acids is 2. The first-order valence-electron chi connectivity index (χ1n) is 10.7. The largest absolute Gasteiger partial charge is 0.453 e. The van der Waals surface area contributed by atoms with E-state index < -0.39 is 0 Å². The Balaban J connectivity index is 1.29. The molecule has 1 saturated carbocycles. The van der Waals surface area contributed by atoms with E-state index in [1.807, 2.05) is 4.90 Å². The summed E-state index contributed by atoms with van der Waals surface area (Å²) < 4.78 is 10.9. The van der Waals surface area contributed by atoms with Crippen LogP contribution in [0.3, 0.4) is 0 Å². The molecule has 7 nitrogen and oxygen atoms in total. The minimum Gasteiger partial charge on any atom is -0.453 e. The number of methoxy groups -OCH3 is 1. The lowest BCUT2D eigenvalue weighted by Gasteiger charge is -2.35. The van der Waals surface area contributed by atoms with E-state index in [9.17, 15) is 9.59 Å². The molecule has 0 bridgehead atoms. The van der Waals surface area contributed by atoms with Crippen LogP contribution in [0, 0.1) is 5.92 Å². The van der Waals surface area contributed by atoms with E-state index >= 15 is 0 Å². The van der Waals surface area contributed by atoms with E-state index in [0.717, 1.165) is 71.3 Å². The lowest BCUT2D eigenvalue weighted by molar-refractivity contribution is -0.0136. The third kappa shape index (κ3) is 5.99. The molecule has 2 saturated heterocycles. The summed E-state index contributed by atoms with van der Waals surface area (Å²) in [4.78, 5) is 27.7. The molecule has 0 spiro atoms. The quantitative estimate of drug-likeness (QED) is 0.813. The Hall–Kier alpha value is -1.50. The standard InChI is InChI=1S/C20H35N3O4/c1-26-20(25)23-11-7-16(8-12-23)15-27-18-9-13-22(14-10-18)19(24)21-17-5-3-2-4-6-17/h16-18H,2-15H2,1H3,(H,21,24). The molecule has 0 aromatic rings. The van der Waals surface area contributed by atoms with Crippen LogP contribution in [0.4, 0.5) is 9.59 Å². The lowest BCUT2D eigenvalue weighted by Crippen LogP contribution is -2.49. The van der Waals surface area contributed by atoms with Crippen LogP contribution >= 0.6 is 0 Å². The summed E-state index contributed by atoms with van der Waals surface area (Å²) in [6, 6.07) is 0.478. The van der Waals surface area contributed by atoms with Gasteiger partial charge in [0.1, 0.15) is 0 Å². The van der Waals surface area contributed by atoms with E-state index in [1.54, 1.807) is 4.90 Å². The number of nitrogens with zero attached hydrogens (tertiary/aromatic N) is 2. The maximum absolute atomic E-state index is 12.4. The van der Waals surface area contributed by atoms with Gasteiger partial charge in [0, 0.05) is 38.8 Å². The Kier molecular flexibility index (Phi) is 7.61. The van der Waals surface area contributed by atoms with Gasteiger partial charge in [0.15, 0.2) is 0 Å². The molecule has 3 aliphatic rings. The minimum atomic E-state index is -0.228. The van der Waals surface area contributed by atoms with Gasteiger partial charge in [-0.3, -0.25) is 0 Å². The third-order valence-electron chi connectivity index (χ3n) is 6.28. The van der Waals surface area contributed by atoms with Gasteiger partial charge in [-0.1, -0.05) is 19.3 Å². The predicted molar refractivity (Wildman–Crippen MR) is 103 cm³/mol. The molecule has 1 aliphatic carbocycles. The van der Waals surface area contributed by atoms with Crippen molar-refractivity contribution in [2.24, 2.45) is 5.92 Å². The van der Waals surface area contributed by atoms with Gasteiger partial charge in [0.25, 0.3) is 0 Å². The first kappa shape index (κ1) is 20.2. The summed E-state index contributed by atoms with van der Waals surface area (Å²) in [5.41, 5.74) is 0. The molecule has 0 aromatic carbocycles. The van der Waals surface area contributed by atoms with E-state index in [0.29, 0.717) is 12.0 Å². The number of carbonyl (C=O) groups is 2. The summed E-state index contributed by atoms with van der Waals surface area (Å²) in [5, 5.41) is 3.21. The van der Waals surface area contributed by atoms with E-state index in [1.165, 1.54) is 26.4 Å². The van der Waals surface area contributed by atoms with Gasteiger partial charge in [-0.15, -0.1) is 0 Å². The Labute approximate surface area is 162 Å². The summed E-state index contributed by atoms with van der Waals surface area (Å²) in [7, 11) is 1.43. The second-order valence-electron chi connectivity index (χ2n) is 8.20. The van der Waals surface area contributed by atoms with Gasteiger partial charge >= 0.3 is 12.1 Å². The normalized spacial score (nSPS) is 23.3. The number of likely N-dealkylation sites (tertiary alicyclic amines) is 2. The minimum absolute atomic E-state index is 0.107. The topological polar surface area (TPSA) is 71.1 Å². The number of rotatable bonds is 4. The zero-order chi connectivity index (χ0) is 19.1. The molecule has 7 heteroatoms. The third-order valence-corrected chi connectivity index (χ3v) is 6.28. The van der Waals surface area contributed by atoms with Gasteiger partial charge in [0.2, 0.25) is 0 Å². The van der Waals surface area contributed by atoms with Crippen LogP contribution in [0.15, 0.2) is 0 Å². The highest BCUT2D eigenvalue weighted by Crippen LogP contribution is 2.22. The molecule has 0 atom stereocenters. The van der Waals surface area contributed by atoms with Crippen molar-refractivity contribution in [1.82, 2.24) is 15.1 Å². The van der Waals surface area contributed by atoms with Gasteiger partial charge < -0.3 is 24.6 Å². The Morgan fingerprint density at radius 1 is 0.889 bits per heavy atom. The molecule has 154 valence electrons. The maximum Gasteiger partial charge on any atom is 0.409 e. The van der Waals surface area contributed by atoms with Crippen molar-refractivity contribution in [2.75, 3.05) is 39.9 Å². The molecule has 3 fully saturated rings. The molecule has 3 amide bonds. The lowest BCUT2D eigenvalue weighted by atomic mass is 9.95. The monoisotopic (exact) mass is 381 g/mol. The van der Waals surface area contributed by atoms with Crippen molar-refractivity contribution < 1.29 is 19.1 Å². The highest BCUT2D eigenvalue weighted by atomic mass is 16.5. The Morgan fingerprint density at radius 2 is 1.52 bits per heavy atom. The van der Waals surface area contributed by atoms with E-state index in [-0.39, 0.29) is 18.2 Å². The molecule has 2 aliphatic heterocycles. The van der Waals surface area contributed by atoms with Crippen molar-refractivity contribution in [2.45, 2.75) is 69.9 Å². The Bertz CT molecular complexity index is 480. The van der Waals surface area contributed by atoms with Crippen LogP contribution in [0.1, 0.15) is 57.8 Å². The molecule has 0 aromatic heterocycles. The molecular formula is C20H35N3O4. The average molecular weight is 382 g/mol. The van der Waals surface area contributed by atoms with Crippen molar-refractivity contribution >= 4 is 12.1 Å². The smallest absolute Gasteiger partial charge is 0.409 e. The van der Waals surface area contributed by atoms with Crippen LogP contribution in [-0.2, 0) is 9.47 Å². The molecular weight excluding hydrogens is 346 g/mol. The highest BCUT2D eigenvalue weighted by Gasteiger charge is 2.27. The van der Waals surface area contributed by atoms with Gasteiger partial charge in [0.05, 0.1) is 13.2 Å². The van der Waals surface area contributed by atoms with E-state index in [2.05, 4.69) is 5.32 Å². The maximum atomic E-state index is 12.4. The number of ether oxygens (including phenoxy) is 2. The number of amides is 3. The van der Waals surface area contributed by atoms with Crippen molar-refractivity contribution in [1.29, 1.82) is 0 Å².